The molecule has 0 spiro atoms. The first-order valence-corrected chi connectivity index (χ1v) is 30.0. The Morgan fingerprint density at radius 2 is 0.732 bits per heavy atom. The van der Waals surface area contributed by atoms with E-state index in [1.807, 2.05) is 137 Å². The molecule has 0 saturated carbocycles. The predicted octanol–water partition coefficient (Wildman–Crippen LogP) is 19.4. The number of aryl methyl sites for hydroxylation is 8. The van der Waals surface area contributed by atoms with Crippen molar-refractivity contribution in [3.8, 4) is 42.5 Å². The number of nitro benzene ring substituents is 2. The summed E-state index contributed by atoms with van der Waals surface area (Å²) in [6.45, 7) is 19.4. The number of nitro groups is 2. The highest BCUT2D eigenvalue weighted by atomic mass is 35.5. The Hall–Kier alpha value is -7.48. The first-order chi connectivity index (χ1) is 39.2. The van der Waals surface area contributed by atoms with Gasteiger partial charge in [-0.3, -0.25) is 30.2 Å². The van der Waals surface area contributed by atoms with E-state index in [9.17, 15) is 20.2 Å². The normalized spacial score (nSPS) is 10.7. The Morgan fingerprint density at radius 1 is 0.402 bits per heavy atom. The molecule has 0 radical (unpaired) electrons. The van der Waals surface area contributed by atoms with Gasteiger partial charge in [0.2, 0.25) is 0 Å². The van der Waals surface area contributed by atoms with Gasteiger partial charge in [-0.05, 0) is 129 Å². The summed E-state index contributed by atoms with van der Waals surface area (Å²) in [5, 5.41) is 26.5. The van der Waals surface area contributed by atoms with Crippen LogP contribution >= 0.6 is 68.5 Å². The number of nitrogens with zero attached hydrogens (tertiary/aromatic N) is 9. The lowest BCUT2D eigenvalue weighted by Crippen LogP contribution is -1.99. The lowest BCUT2D eigenvalue weighted by molar-refractivity contribution is -0.385. The van der Waals surface area contributed by atoms with Crippen LogP contribution < -0.4 is 0 Å². The zero-order chi connectivity index (χ0) is 59.5. The molecule has 82 heavy (non-hydrogen) atoms. The van der Waals surface area contributed by atoms with Gasteiger partial charge < -0.3 is 4.90 Å². The van der Waals surface area contributed by atoms with Crippen LogP contribution in [-0.4, -0.2) is 65.8 Å². The summed E-state index contributed by atoms with van der Waals surface area (Å²) in [4.78, 5) is 50.9. The Balaban J connectivity index is 0.000000153. The summed E-state index contributed by atoms with van der Waals surface area (Å²) in [6.07, 6.45) is 3.61. The van der Waals surface area contributed by atoms with Crippen LogP contribution in [0.5, 0.6) is 0 Å². The zero-order valence-electron chi connectivity index (χ0n) is 47.7. The molecule has 6 aromatic heterocycles. The van der Waals surface area contributed by atoms with Crippen molar-refractivity contribution in [1.82, 2.24) is 34.8 Å². The lowest BCUT2D eigenvalue weighted by atomic mass is 10.1. The molecule has 13 nitrogen and oxygen atoms in total. The maximum atomic E-state index is 11.2. The van der Waals surface area contributed by atoms with E-state index in [0.717, 1.165) is 68.5 Å². The van der Waals surface area contributed by atoms with Crippen LogP contribution in [0.4, 0.5) is 11.4 Å². The van der Waals surface area contributed by atoms with Crippen LogP contribution in [0.2, 0.25) is 10.0 Å². The maximum absolute atomic E-state index is 11.2. The summed E-state index contributed by atoms with van der Waals surface area (Å²) in [6, 6.07) is 39.9. The van der Waals surface area contributed by atoms with E-state index in [1.165, 1.54) is 54.3 Å². The molecule has 0 unspecified atom stereocenters. The van der Waals surface area contributed by atoms with Gasteiger partial charge in [-0.25, -0.2) is 19.9 Å². The van der Waals surface area contributed by atoms with Gasteiger partial charge in [0, 0.05) is 34.6 Å². The van der Waals surface area contributed by atoms with Crippen molar-refractivity contribution in [2.75, 3.05) is 21.1 Å². The van der Waals surface area contributed by atoms with Crippen molar-refractivity contribution in [1.29, 1.82) is 0 Å². The topological polar surface area (TPSA) is 167 Å². The second-order valence-electron chi connectivity index (χ2n) is 19.0. The second-order valence-corrected chi connectivity index (χ2v) is 23.8. The number of rotatable bonds is 6. The molecule has 0 fully saturated rings. The van der Waals surface area contributed by atoms with Gasteiger partial charge in [0.1, 0.15) is 30.1 Å². The Morgan fingerprint density at radius 3 is 1.11 bits per heavy atom. The second kappa shape index (κ2) is 28.0. The Kier molecular flexibility index (Phi) is 21.2. The first-order valence-electron chi connectivity index (χ1n) is 26.0. The van der Waals surface area contributed by atoms with Crippen molar-refractivity contribution in [2.24, 2.45) is 0 Å². The molecule has 6 aromatic carbocycles. The molecular formula is C63H61Cl2N9O4S4. The molecule has 420 valence electrons. The number of aromatic nitrogens is 6. The third-order valence-corrected chi connectivity index (χ3v) is 18.3. The van der Waals surface area contributed by atoms with Crippen molar-refractivity contribution in [3.05, 3.63) is 209 Å². The van der Waals surface area contributed by atoms with Gasteiger partial charge in [-0.1, -0.05) is 134 Å². The monoisotopic (exact) mass is 1210 g/mol. The quantitative estimate of drug-likeness (QED) is 0.115. The molecule has 6 heterocycles. The molecule has 12 aromatic rings. The Labute approximate surface area is 503 Å². The molecule has 19 heteroatoms. The van der Waals surface area contributed by atoms with Crippen LogP contribution in [0, 0.1) is 75.6 Å². The number of pyridine rings is 2. The van der Waals surface area contributed by atoms with Crippen molar-refractivity contribution in [2.45, 2.75) is 69.2 Å². The highest BCUT2D eigenvalue weighted by molar-refractivity contribution is 7.23. The number of fused-ring (bicyclic) bond motifs is 4. The van der Waals surface area contributed by atoms with E-state index < -0.39 is 9.85 Å². The maximum Gasteiger partial charge on any atom is 0.293 e. The summed E-state index contributed by atoms with van der Waals surface area (Å²) in [7, 11) is 6.00. The van der Waals surface area contributed by atoms with E-state index in [-0.39, 0.29) is 21.4 Å². The smallest absolute Gasteiger partial charge is 0.293 e. The number of benzene rings is 6. The molecule has 0 amide bonds. The van der Waals surface area contributed by atoms with Gasteiger partial charge in [0.15, 0.2) is 0 Å². The zero-order valence-corrected chi connectivity index (χ0v) is 52.5. The summed E-state index contributed by atoms with van der Waals surface area (Å²) in [5.41, 5.74) is 14.9. The van der Waals surface area contributed by atoms with Crippen LogP contribution in [0.3, 0.4) is 0 Å². The Bertz CT molecular complexity index is 3840. The lowest BCUT2D eigenvalue weighted by Gasteiger charge is -2.04. The number of hydrogen-bond acceptors (Lipinski definition) is 15. The molecule has 0 aliphatic carbocycles. The molecular weight excluding hydrogens is 1150 g/mol. The largest absolute Gasteiger partial charge is 0.312 e. The van der Waals surface area contributed by atoms with Crippen LogP contribution in [0.25, 0.3) is 83.4 Å². The van der Waals surface area contributed by atoms with Gasteiger partial charge in [-0.2, -0.15) is 0 Å². The van der Waals surface area contributed by atoms with Gasteiger partial charge in [0.25, 0.3) is 11.4 Å². The molecule has 0 atom stereocenters. The summed E-state index contributed by atoms with van der Waals surface area (Å²) < 4.78 is 4.26. The third-order valence-electron chi connectivity index (χ3n) is 12.5. The molecule has 0 aliphatic rings. The first kappa shape index (κ1) is 62.1. The molecule has 0 N–H and O–H groups in total. The van der Waals surface area contributed by atoms with Gasteiger partial charge in [0.05, 0.1) is 67.7 Å². The van der Waals surface area contributed by atoms with E-state index in [2.05, 4.69) is 71.9 Å². The van der Waals surface area contributed by atoms with E-state index in [0.29, 0.717) is 27.8 Å². The number of thiazole rings is 4. The summed E-state index contributed by atoms with van der Waals surface area (Å²) >= 11 is 18.7. The van der Waals surface area contributed by atoms with Gasteiger partial charge in [-0.15, -0.1) is 45.3 Å². The van der Waals surface area contributed by atoms with Gasteiger partial charge >= 0.3 is 0 Å². The van der Waals surface area contributed by atoms with E-state index in [1.54, 1.807) is 62.8 Å². The van der Waals surface area contributed by atoms with Crippen molar-refractivity contribution < 1.29 is 9.85 Å². The number of hydrogen-bond donors (Lipinski definition) is 0. The highest BCUT2D eigenvalue weighted by Crippen LogP contribution is 2.44. The molecule has 0 saturated heterocycles. The fourth-order valence-electron chi connectivity index (χ4n) is 8.32. The number of halogens is 2. The fourth-order valence-corrected chi connectivity index (χ4v) is 13.4. The van der Waals surface area contributed by atoms with Crippen LogP contribution in [-0.2, 0) is 0 Å². The third kappa shape index (κ3) is 14.0. The fraction of sp³-hybridized carbons (Fsp3) is 0.206. The van der Waals surface area contributed by atoms with E-state index in [4.69, 9.17) is 33.2 Å². The van der Waals surface area contributed by atoms with Crippen LogP contribution in [0.1, 0.15) is 58.4 Å². The van der Waals surface area contributed by atoms with Crippen molar-refractivity contribution in [3.63, 3.8) is 0 Å². The standard InChI is InChI=1S/2C15H11ClN2O2S.2C14H12N2S.C3H9N.C2H6/c1-8-11(16)13(18(19)20)9(2)12-14(8)21-15(17-12)10-6-4-3-5-7-10;1-8-11(16)13(18(19)20)9(2)14-12(8)17-15(21-14)10-6-4-3-5-7-10;2*1-9-6-7-10(2)13-12(9)16-14(17-13)11-5-3-4-8-15-11;1-4(2)3;1-2/h2*3-7H,1-2H3;2*3-8H,1-2H3;1-3H3;1-2H3. The van der Waals surface area contributed by atoms with E-state index >= 15 is 0 Å². The molecule has 0 bridgehead atoms. The average molecular weight is 1210 g/mol. The summed E-state index contributed by atoms with van der Waals surface area (Å²) in [5.74, 6) is 0. The van der Waals surface area contributed by atoms with Crippen LogP contribution in [0.15, 0.2) is 134 Å². The minimum atomic E-state index is -0.439. The minimum Gasteiger partial charge on any atom is -0.312 e. The average Bonchev–Trinajstić information content (AvgIpc) is 4.43. The highest BCUT2D eigenvalue weighted by Gasteiger charge is 2.27. The minimum absolute atomic E-state index is 0.0232. The SMILES string of the molecule is CC.CN(C)C.Cc1c(Cl)c([N+](=O)[O-])c(C)c2sc(-c3ccccc3)nc12.Cc1c([N+](=O)[O-])c(Cl)c(C)c2sc(-c3ccccc3)nc12.Cc1ccc(C)c2sc(-c3ccccn3)nc12.Cc1ccc(C)c2sc(-c3ccccn3)nc12. The van der Waals surface area contributed by atoms with Crippen molar-refractivity contribution >= 4 is 121 Å². The molecule has 0 aliphatic heterocycles. The predicted molar refractivity (Wildman–Crippen MR) is 348 cm³/mol. The molecule has 12 rings (SSSR count).